The molecular formula is C13H22N2O4. The fourth-order valence-corrected chi connectivity index (χ4v) is 2.30. The minimum absolute atomic E-state index is 0.290. The molecule has 2 fully saturated rings. The zero-order valence-corrected chi connectivity index (χ0v) is 11.1. The fourth-order valence-electron chi connectivity index (χ4n) is 2.30. The number of nitrogens with one attached hydrogen (secondary N) is 1. The molecule has 0 aromatic heterocycles. The monoisotopic (exact) mass is 270 g/mol. The molecule has 2 aliphatic rings. The lowest BCUT2D eigenvalue weighted by atomic mass is 10.0. The van der Waals surface area contributed by atoms with E-state index in [1.807, 2.05) is 0 Å². The van der Waals surface area contributed by atoms with Crippen LogP contribution in [0, 0.1) is 5.92 Å². The Morgan fingerprint density at radius 3 is 2.74 bits per heavy atom. The molecule has 19 heavy (non-hydrogen) atoms. The third kappa shape index (κ3) is 4.38. The smallest absolute Gasteiger partial charge is 0.326 e. The number of carbonyl (C=O) groups is 2. The van der Waals surface area contributed by atoms with Crippen molar-refractivity contribution >= 4 is 12.0 Å². The predicted molar refractivity (Wildman–Crippen MR) is 68.9 cm³/mol. The number of nitrogens with zero attached hydrogens (tertiary/aromatic N) is 1. The summed E-state index contributed by atoms with van der Waals surface area (Å²) in [5.74, 6) is -0.200. The molecule has 2 N–H and O–H groups in total. The minimum atomic E-state index is -0.917. The summed E-state index contributed by atoms with van der Waals surface area (Å²) in [6, 6.07) is -0.969. The maximum atomic E-state index is 11.9. The number of aliphatic carboxylic acids is 1. The van der Waals surface area contributed by atoms with Crippen LogP contribution < -0.4 is 5.32 Å². The second kappa shape index (κ2) is 6.75. The van der Waals surface area contributed by atoms with E-state index in [1.165, 1.54) is 17.7 Å². The van der Waals surface area contributed by atoms with Gasteiger partial charge >= 0.3 is 12.0 Å². The highest BCUT2D eigenvalue weighted by Crippen LogP contribution is 2.28. The summed E-state index contributed by atoms with van der Waals surface area (Å²) in [5, 5.41) is 11.8. The van der Waals surface area contributed by atoms with Crippen molar-refractivity contribution in [3.05, 3.63) is 0 Å². The summed E-state index contributed by atoms with van der Waals surface area (Å²) < 4.78 is 5.42. The summed E-state index contributed by atoms with van der Waals surface area (Å²) in [4.78, 5) is 24.4. The molecule has 1 saturated heterocycles. The molecule has 1 atom stereocenters. The van der Waals surface area contributed by atoms with Crippen molar-refractivity contribution in [3.63, 3.8) is 0 Å². The molecule has 1 aliphatic heterocycles. The Hall–Kier alpha value is -1.30. The molecule has 108 valence electrons. The van der Waals surface area contributed by atoms with Crippen LogP contribution in [0.5, 0.6) is 0 Å². The Labute approximate surface area is 113 Å². The lowest BCUT2D eigenvalue weighted by molar-refractivity contribution is -0.143. The second-order valence-electron chi connectivity index (χ2n) is 5.29. The van der Waals surface area contributed by atoms with E-state index in [0.29, 0.717) is 32.0 Å². The molecular weight excluding hydrogens is 248 g/mol. The normalized spacial score (nSPS) is 23.2. The topological polar surface area (TPSA) is 78.9 Å². The number of hydrogen-bond acceptors (Lipinski definition) is 3. The van der Waals surface area contributed by atoms with Crippen molar-refractivity contribution in [1.82, 2.24) is 10.2 Å². The third-order valence-electron chi connectivity index (χ3n) is 3.62. The number of piperidine rings is 1. The quantitative estimate of drug-likeness (QED) is 0.707. The van der Waals surface area contributed by atoms with Crippen molar-refractivity contribution < 1.29 is 19.4 Å². The largest absolute Gasteiger partial charge is 0.480 e. The van der Waals surface area contributed by atoms with Gasteiger partial charge in [-0.25, -0.2) is 9.59 Å². The first kappa shape index (κ1) is 14.1. The van der Waals surface area contributed by atoms with Crippen molar-refractivity contribution in [2.45, 2.75) is 38.1 Å². The van der Waals surface area contributed by atoms with Gasteiger partial charge in [0.05, 0.1) is 6.61 Å². The number of ether oxygens (including phenoxy) is 1. The Bertz CT molecular complexity index is 331. The van der Waals surface area contributed by atoms with Crippen LogP contribution in [0.15, 0.2) is 0 Å². The van der Waals surface area contributed by atoms with E-state index in [9.17, 15) is 9.59 Å². The number of hydrogen-bond donors (Lipinski definition) is 2. The van der Waals surface area contributed by atoms with Crippen LogP contribution in [0.3, 0.4) is 0 Å². The minimum Gasteiger partial charge on any atom is -0.480 e. The second-order valence-corrected chi connectivity index (χ2v) is 5.29. The first-order valence-corrected chi connectivity index (χ1v) is 7.03. The highest BCUT2D eigenvalue weighted by atomic mass is 16.5. The zero-order valence-electron chi connectivity index (χ0n) is 11.1. The van der Waals surface area contributed by atoms with Gasteiger partial charge in [-0.05, 0) is 38.0 Å². The van der Waals surface area contributed by atoms with E-state index in [-0.39, 0.29) is 6.03 Å². The number of likely N-dealkylation sites (tertiary alicyclic amines) is 1. The summed E-state index contributed by atoms with van der Waals surface area (Å²) >= 11 is 0. The molecule has 2 amide bonds. The van der Waals surface area contributed by atoms with Crippen LogP contribution in [0.2, 0.25) is 0 Å². The average Bonchev–Trinajstić information content (AvgIpc) is 3.22. The maximum Gasteiger partial charge on any atom is 0.326 e. The van der Waals surface area contributed by atoms with Crippen LogP contribution in [0.1, 0.15) is 32.1 Å². The zero-order chi connectivity index (χ0) is 13.7. The number of carboxylic acids is 1. The average molecular weight is 270 g/mol. The number of carbonyl (C=O) groups excluding carboxylic acids is 1. The third-order valence-corrected chi connectivity index (χ3v) is 3.62. The molecule has 0 aromatic carbocycles. The van der Waals surface area contributed by atoms with Gasteiger partial charge in [0.15, 0.2) is 0 Å². The van der Waals surface area contributed by atoms with Crippen LogP contribution in [0.4, 0.5) is 4.79 Å². The van der Waals surface area contributed by atoms with Crippen molar-refractivity contribution in [1.29, 1.82) is 0 Å². The van der Waals surface area contributed by atoms with Gasteiger partial charge in [0.25, 0.3) is 0 Å². The van der Waals surface area contributed by atoms with Gasteiger partial charge in [0.2, 0.25) is 0 Å². The number of amides is 2. The molecule has 1 aliphatic carbocycles. The molecule has 0 radical (unpaired) electrons. The van der Waals surface area contributed by atoms with Gasteiger partial charge in [0, 0.05) is 19.7 Å². The number of rotatable bonds is 6. The van der Waals surface area contributed by atoms with Crippen molar-refractivity contribution in [2.75, 3.05) is 26.3 Å². The summed E-state index contributed by atoms with van der Waals surface area (Å²) in [6.07, 6.45) is 4.78. The lowest BCUT2D eigenvalue weighted by Gasteiger charge is -2.32. The highest BCUT2D eigenvalue weighted by Gasteiger charge is 2.31. The Kier molecular flexibility index (Phi) is 5.01. The number of carboxylic acid groups (broad SMARTS) is 1. The molecule has 2 rings (SSSR count). The Morgan fingerprint density at radius 1 is 1.26 bits per heavy atom. The first-order chi connectivity index (χ1) is 9.18. The van der Waals surface area contributed by atoms with E-state index >= 15 is 0 Å². The van der Waals surface area contributed by atoms with Gasteiger partial charge in [-0.3, -0.25) is 0 Å². The molecule has 6 heteroatoms. The van der Waals surface area contributed by atoms with Crippen LogP contribution in [0.25, 0.3) is 0 Å². The highest BCUT2D eigenvalue weighted by molar-refractivity contribution is 5.82. The van der Waals surface area contributed by atoms with Crippen molar-refractivity contribution in [2.24, 2.45) is 5.92 Å². The molecule has 0 aromatic rings. The summed E-state index contributed by atoms with van der Waals surface area (Å²) in [5.41, 5.74) is 0. The fraction of sp³-hybridized carbons (Fsp3) is 0.846. The summed E-state index contributed by atoms with van der Waals surface area (Å²) in [6.45, 7) is 2.23. The van der Waals surface area contributed by atoms with Crippen LogP contribution >= 0.6 is 0 Å². The standard InChI is InChI=1S/C13H22N2O4/c16-12(17)11-3-1-2-7-15(11)13(18)14-6-8-19-9-10-4-5-10/h10-11H,1-9H2,(H,14,18)(H,16,17). The van der Waals surface area contributed by atoms with Gasteiger partial charge in [-0.1, -0.05) is 0 Å². The Morgan fingerprint density at radius 2 is 2.05 bits per heavy atom. The molecule has 0 bridgehead atoms. The van der Waals surface area contributed by atoms with Gasteiger partial charge in [-0.2, -0.15) is 0 Å². The van der Waals surface area contributed by atoms with Crippen LogP contribution in [-0.2, 0) is 9.53 Å². The van der Waals surface area contributed by atoms with E-state index in [0.717, 1.165) is 19.4 Å². The summed E-state index contributed by atoms with van der Waals surface area (Å²) in [7, 11) is 0. The molecule has 1 saturated carbocycles. The number of urea groups is 1. The van der Waals surface area contributed by atoms with Gasteiger partial charge in [0.1, 0.15) is 6.04 Å². The van der Waals surface area contributed by atoms with Gasteiger partial charge < -0.3 is 20.1 Å². The molecule has 1 unspecified atom stereocenters. The SMILES string of the molecule is O=C(O)C1CCCCN1C(=O)NCCOCC1CC1. The van der Waals surface area contributed by atoms with E-state index in [2.05, 4.69) is 5.32 Å². The van der Waals surface area contributed by atoms with E-state index in [1.54, 1.807) is 0 Å². The van der Waals surface area contributed by atoms with E-state index < -0.39 is 12.0 Å². The van der Waals surface area contributed by atoms with Crippen molar-refractivity contribution in [3.8, 4) is 0 Å². The molecule has 1 heterocycles. The Balaban J connectivity index is 1.66. The predicted octanol–water partition coefficient (Wildman–Crippen LogP) is 1.06. The van der Waals surface area contributed by atoms with Crippen LogP contribution in [-0.4, -0.2) is 54.4 Å². The lowest BCUT2D eigenvalue weighted by Crippen LogP contribution is -2.52. The molecule has 0 spiro atoms. The maximum absolute atomic E-state index is 11.9. The first-order valence-electron chi connectivity index (χ1n) is 7.03. The van der Waals surface area contributed by atoms with E-state index in [4.69, 9.17) is 9.84 Å². The molecule has 6 nitrogen and oxygen atoms in total. The van der Waals surface area contributed by atoms with Gasteiger partial charge in [-0.15, -0.1) is 0 Å².